The number of aromatic nitrogens is 10. The van der Waals surface area contributed by atoms with Gasteiger partial charge in [-0.2, -0.15) is 91.3 Å². The first kappa shape index (κ1) is 94.8. The van der Waals surface area contributed by atoms with E-state index in [1.165, 1.54) is 61.6 Å². The van der Waals surface area contributed by atoms with Gasteiger partial charge in [-0.1, -0.05) is 36.8 Å². The summed E-state index contributed by atoms with van der Waals surface area (Å²) in [5.41, 5.74) is -2.14. The van der Waals surface area contributed by atoms with Crippen molar-refractivity contribution < 1.29 is 104 Å². The van der Waals surface area contributed by atoms with Crippen molar-refractivity contribution in [3.05, 3.63) is 180 Å². The molecule has 5 amide bonds. The van der Waals surface area contributed by atoms with E-state index in [2.05, 4.69) is 51.7 Å². The molecule has 13 rings (SSSR count). The predicted octanol–water partition coefficient (Wildman–Crippen LogP) is 16.4. The van der Waals surface area contributed by atoms with Gasteiger partial charge in [0.15, 0.2) is 0 Å². The van der Waals surface area contributed by atoms with Gasteiger partial charge in [-0.15, -0.1) is 56.7 Å². The second kappa shape index (κ2) is 41.7. The number of thiophene rings is 5. The molecule has 2 fully saturated rings. The van der Waals surface area contributed by atoms with Crippen LogP contribution in [0.5, 0.6) is 0 Å². The average molecular weight is 1810 g/mol. The molecule has 0 radical (unpaired) electrons. The first-order valence-electron chi connectivity index (χ1n) is 36.9. The van der Waals surface area contributed by atoms with Crippen LogP contribution in [0, 0.1) is 0 Å². The number of morpholine rings is 1. The number of amides is 5. The van der Waals surface area contributed by atoms with Crippen molar-refractivity contribution in [3.8, 4) is 52.9 Å². The number of carbonyl (C=O) groups is 5. The first-order chi connectivity index (χ1) is 57.0. The number of carbonyl (C=O) groups excluding carboxylic acids is 5. The first-order valence-corrected chi connectivity index (χ1v) is 41.0. The van der Waals surface area contributed by atoms with Gasteiger partial charge in [0, 0.05) is 102 Å². The third-order valence-corrected chi connectivity index (χ3v) is 23.3. The second-order valence-electron chi connectivity index (χ2n) is 27.1. The summed E-state index contributed by atoms with van der Waals surface area (Å²) in [6.07, 6.45) is -18.0. The maximum atomic E-state index is 12.9. The van der Waals surface area contributed by atoms with E-state index in [1.807, 2.05) is 44.2 Å². The molecule has 2 aliphatic rings. The quantitative estimate of drug-likeness (QED) is 0.0364. The number of likely N-dealkylation sites (tertiary alicyclic amines) is 1. The van der Waals surface area contributed by atoms with Crippen LogP contribution in [-0.4, -0.2) is 180 Å². The summed E-state index contributed by atoms with van der Waals surface area (Å²) in [4.78, 5) is 69.7. The lowest BCUT2D eigenvalue weighted by Crippen LogP contribution is -2.48. The molecular formula is C77H83F15N16O8S5. The van der Waals surface area contributed by atoms with Crippen LogP contribution in [0.2, 0.25) is 0 Å². The molecule has 0 saturated carbocycles. The van der Waals surface area contributed by atoms with Crippen LogP contribution in [-0.2, 0) is 86.9 Å². The standard InChI is InChI=1S/C17H21F3N4OS.C17H14F3N3OS.C16H18F3N3O2S.C14H16F3N3O2S.C13H14F3N3O2S/c1-23-15(17(18,19)20)11-12(22-23)13-5-6-14(26-13)16(25)21-7-10-24-8-3-2-4-9-24;1-23-15(17(18,19)20)9-12(22-23)13-7-8-14(25-13)16(24)21-10-11-5-3-2-4-6-11;1-9-7-22(8-10(2)24-9)15(23)13-5-4-12(25-13)11-6-14(16(17,18)19)21(3)20-11;1-20-12(14(15,16)17)8-9(19-20)10-4-5-11(23-10)13(21)18-6-3-7-22-2;1-19-11(13(14,15)16)7-8(18-19)9-3-4-10(22-9)12(20)17-5-6-21-2/h5-6,11H,2-4,7-10H2,1H3,(H,21,25);2-9H,10H2,1H3,(H,21,24);4-6,9-10H,7-8H2,1-3H3;4-5,8H,3,6-7H2,1-2H3,(H,18,21);3-4,7H,5-6H2,1-2H3,(H,17,20). The average Bonchev–Trinajstić information content (AvgIpc) is 1.69. The number of nitrogens with zero attached hydrogens (tertiary/aromatic N) is 12. The highest BCUT2D eigenvalue weighted by Gasteiger charge is 2.40. The number of benzene rings is 1. The zero-order chi connectivity index (χ0) is 88.5. The minimum absolute atomic E-state index is 0.0442. The Morgan fingerprint density at radius 2 is 0.711 bits per heavy atom. The lowest BCUT2D eigenvalue weighted by atomic mass is 10.1. The Labute approximate surface area is 703 Å². The summed E-state index contributed by atoms with van der Waals surface area (Å²) in [7, 11) is 9.33. The molecule has 2 atom stereocenters. The highest BCUT2D eigenvalue weighted by atomic mass is 32.1. The largest absolute Gasteiger partial charge is 0.433 e. The Kier molecular flexibility index (Phi) is 32.6. The number of hydrogen-bond acceptors (Lipinski definition) is 19. The van der Waals surface area contributed by atoms with E-state index in [9.17, 15) is 89.8 Å². The number of aryl methyl sites for hydroxylation is 5. The summed E-state index contributed by atoms with van der Waals surface area (Å²) in [6, 6.07) is 30.4. The number of methoxy groups -OCH3 is 2. The van der Waals surface area contributed by atoms with Crippen molar-refractivity contribution in [1.29, 1.82) is 0 Å². The molecular weight excluding hydrogens is 1720 g/mol. The van der Waals surface area contributed by atoms with Gasteiger partial charge in [0.25, 0.3) is 29.5 Å². The number of hydrogen-bond donors (Lipinski definition) is 4. The lowest BCUT2D eigenvalue weighted by Gasteiger charge is -2.35. The minimum Gasteiger partial charge on any atom is -0.385 e. The van der Waals surface area contributed by atoms with Crippen molar-refractivity contribution >= 4 is 86.2 Å². The second-order valence-corrected chi connectivity index (χ2v) is 32.6. The number of piperidine rings is 1. The van der Waals surface area contributed by atoms with E-state index in [4.69, 9.17) is 14.2 Å². The van der Waals surface area contributed by atoms with Gasteiger partial charge >= 0.3 is 30.9 Å². The van der Waals surface area contributed by atoms with Gasteiger partial charge in [0.2, 0.25) is 0 Å². The van der Waals surface area contributed by atoms with Gasteiger partial charge in [-0.25, -0.2) is 0 Å². The van der Waals surface area contributed by atoms with Crippen LogP contribution in [0.4, 0.5) is 65.9 Å². The van der Waals surface area contributed by atoms with Gasteiger partial charge in [0.05, 0.1) is 67.6 Å². The van der Waals surface area contributed by atoms with E-state index in [1.54, 1.807) is 72.7 Å². The van der Waals surface area contributed by atoms with Gasteiger partial charge in [0.1, 0.15) is 56.9 Å². The molecule has 4 N–H and O–H groups in total. The summed E-state index contributed by atoms with van der Waals surface area (Å²) >= 11 is 5.59. The number of ether oxygens (including phenoxy) is 3. The number of nitrogens with one attached hydrogen (secondary N) is 4. The zero-order valence-corrected chi connectivity index (χ0v) is 70.2. The normalized spacial score (nSPS) is 14.6. The summed E-state index contributed by atoms with van der Waals surface area (Å²) in [6.45, 7) is 10.5. The van der Waals surface area contributed by atoms with Crippen LogP contribution >= 0.6 is 56.7 Å². The molecule has 44 heteroatoms. The maximum absolute atomic E-state index is 12.9. The molecule has 121 heavy (non-hydrogen) atoms. The van der Waals surface area contributed by atoms with Crippen molar-refractivity contribution in [2.75, 3.05) is 79.8 Å². The Morgan fingerprint density at radius 1 is 0.405 bits per heavy atom. The third kappa shape index (κ3) is 26.7. The Balaban J connectivity index is 0.000000172. The molecule has 654 valence electrons. The van der Waals surface area contributed by atoms with Crippen molar-refractivity contribution in [2.24, 2.45) is 35.2 Å². The lowest BCUT2D eigenvalue weighted by molar-refractivity contribution is -0.144. The molecule has 0 aliphatic carbocycles. The monoisotopic (exact) mass is 1800 g/mol. The Morgan fingerprint density at radius 3 is 1.03 bits per heavy atom. The Bertz CT molecular complexity index is 5240. The maximum Gasteiger partial charge on any atom is 0.433 e. The molecule has 1 aromatic carbocycles. The number of alkyl halides is 15. The molecule has 11 aromatic rings. The zero-order valence-electron chi connectivity index (χ0n) is 66.2. The molecule has 2 saturated heterocycles. The minimum atomic E-state index is -4.47. The van der Waals surface area contributed by atoms with Gasteiger partial charge in [-0.3, -0.25) is 47.4 Å². The molecule has 2 unspecified atom stereocenters. The summed E-state index contributed by atoms with van der Waals surface area (Å²) < 4.78 is 212. The van der Waals surface area contributed by atoms with E-state index in [0.29, 0.717) is 108 Å². The molecule has 0 bridgehead atoms. The predicted molar refractivity (Wildman–Crippen MR) is 427 cm³/mol. The van der Waals surface area contributed by atoms with Gasteiger partial charge in [-0.05, 0) is 143 Å². The molecule has 10 aromatic heterocycles. The van der Waals surface area contributed by atoms with Crippen molar-refractivity contribution in [3.63, 3.8) is 0 Å². The van der Waals surface area contributed by atoms with Crippen LogP contribution in [0.25, 0.3) is 52.9 Å². The van der Waals surface area contributed by atoms with E-state index >= 15 is 0 Å². The molecule has 2 aliphatic heterocycles. The molecule has 0 spiro atoms. The van der Waals surface area contributed by atoms with Crippen LogP contribution in [0.1, 0.15) is 122 Å². The van der Waals surface area contributed by atoms with Crippen molar-refractivity contribution in [2.45, 2.75) is 89.2 Å². The van der Waals surface area contributed by atoms with E-state index in [0.717, 1.165) is 136 Å². The number of halogens is 15. The smallest absolute Gasteiger partial charge is 0.385 e. The van der Waals surface area contributed by atoms with Crippen LogP contribution < -0.4 is 21.3 Å². The molecule has 12 heterocycles. The third-order valence-electron chi connectivity index (χ3n) is 17.8. The van der Waals surface area contributed by atoms with Crippen LogP contribution in [0.15, 0.2) is 121 Å². The fourth-order valence-electron chi connectivity index (χ4n) is 12.1. The SMILES string of the molecule is CC1CN(C(=O)c2ccc(-c3cc(C(F)(F)F)n(C)n3)s2)CC(C)O1.COCCCNC(=O)c1ccc(-c2cc(C(F)(F)F)n(C)n2)s1.COCCNC(=O)c1ccc(-c2cc(C(F)(F)F)n(C)n2)s1.Cn1nc(-c2ccc(C(=O)NCCN3CCCCC3)s2)cc1C(F)(F)F.Cn1nc(-c2ccc(C(=O)NCc3ccccc3)s2)cc1C(F)(F)F. The van der Waals surface area contributed by atoms with Crippen LogP contribution in [0.3, 0.4) is 0 Å². The highest BCUT2D eigenvalue weighted by molar-refractivity contribution is 7.18. The van der Waals surface area contributed by atoms with Gasteiger partial charge < -0.3 is 45.3 Å². The summed E-state index contributed by atoms with van der Waals surface area (Å²) in [5.74, 6) is -1.16. The summed E-state index contributed by atoms with van der Waals surface area (Å²) in [5, 5.41) is 30.5. The molecule has 24 nitrogen and oxygen atoms in total. The highest BCUT2D eigenvalue weighted by Crippen LogP contribution is 2.40. The fraction of sp³-hybridized carbons (Fsp3) is 0.403. The Hall–Kier alpha value is -10.1. The van der Waals surface area contributed by atoms with Crippen molar-refractivity contribution in [1.82, 2.24) is 80.0 Å². The van der Waals surface area contributed by atoms with E-state index < -0.39 is 59.4 Å². The number of rotatable bonds is 22. The topological polar surface area (TPSA) is 257 Å². The van der Waals surface area contributed by atoms with E-state index in [-0.39, 0.29) is 70.2 Å². The fourth-order valence-corrected chi connectivity index (χ4v) is 16.5.